The van der Waals surface area contributed by atoms with Crippen LogP contribution in [0.5, 0.6) is 0 Å². The number of aromatic amines is 1. The fourth-order valence-corrected chi connectivity index (χ4v) is 1.30. The van der Waals surface area contributed by atoms with Gasteiger partial charge in [0.25, 0.3) is 5.56 Å². The highest BCUT2D eigenvalue weighted by molar-refractivity contribution is 5.83. The van der Waals surface area contributed by atoms with Crippen molar-refractivity contribution >= 4 is 11.9 Å². The molecule has 1 aromatic rings. The fraction of sp³-hybridized carbons (Fsp3) is 0.400. The molecule has 0 unspecified atom stereocenters. The van der Waals surface area contributed by atoms with E-state index in [9.17, 15) is 19.2 Å². The lowest BCUT2D eigenvalue weighted by molar-refractivity contribution is -0.142. The molecule has 1 heterocycles. The second-order valence-corrected chi connectivity index (χ2v) is 3.60. The molecule has 0 spiro atoms. The van der Waals surface area contributed by atoms with Crippen molar-refractivity contribution in [3.63, 3.8) is 0 Å². The number of amides is 1. The number of hydrogen-bond acceptors (Lipinski definition) is 4. The lowest BCUT2D eigenvalue weighted by Gasteiger charge is -2.12. The van der Waals surface area contributed by atoms with Crippen molar-refractivity contribution in [2.24, 2.45) is 0 Å². The second kappa shape index (κ2) is 5.80. The summed E-state index contributed by atoms with van der Waals surface area (Å²) in [6.45, 7) is 1.27. The van der Waals surface area contributed by atoms with Gasteiger partial charge in [-0.25, -0.2) is 9.59 Å². The Labute approximate surface area is 101 Å². The topological polar surface area (TPSA) is 121 Å². The molecular weight excluding hydrogens is 242 g/mol. The summed E-state index contributed by atoms with van der Waals surface area (Å²) < 4.78 is 0.977. The third kappa shape index (κ3) is 3.58. The number of rotatable bonds is 5. The van der Waals surface area contributed by atoms with Gasteiger partial charge < -0.3 is 10.4 Å². The summed E-state index contributed by atoms with van der Waals surface area (Å²) in [5, 5.41) is 11.0. The van der Waals surface area contributed by atoms with Crippen molar-refractivity contribution < 1.29 is 14.7 Å². The van der Waals surface area contributed by atoms with E-state index < -0.39 is 29.2 Å². The Morgan fingerprint density at radius 2 is 2.17 bits per heavy atom. The summed E-state index contributed by atoms with van der Waals surface area (Å²) in [4.78, 5) is 46.3. The molecule has 0 bridgehead atoms. The maximum absolute atomic E-state index is 11.5. The van der Waals surface area contributed by atoms with Crippen molar-refractivity contribution in [2.45, 2.75) is 25.9 Å². The number of aliphatic carboxylic acids is 1. The molecule has 0 aromatic carbocycles. The Morgan fingerprint density at radius 1 is 1.50 bits per heavy atom. The first-order chi connectivity index (χ1) is 8.43. The highest BCUT2D eigenvalue weighted by Gasteiger charge is 2.17. The van der Waals surface area contributed by atoms with Gasteiger partial charge in [-0.05, 0) is 6.42 Å². The van der Waals surface area contributed by atoms with Gasteiger partial charge in [-0.2, -0.15) is 0 Å². The molecule has 0 aliphatic carbocycles. The van der Waals surface area contributed by atoms with Gasteiger partial charge >= 0.3 is 11.7 Å². The Kier molecular flexibility index (Phi) is 4.41. The number of carboxylic acids is 1. The van der Waals surface area contributed by atoms with Crippen LogP contribution in [0, 0.1) is 0 Å². The second-order valence-electron chi connectivity index (χ2n) is 3.60. The van der Waals surface area contributed by atoms with Crippen LogP contribution in [0.15, 0.2) is 21.9 Å². The third-order valence-corrected chi connectivity index (χ3v) is 2.25. The first-order valence-corrected chi connectivity index (χ1v) is 5.26. The third-order valence-electron chi connectivity index (χ3n) is 2.25. The molecule has 1 rings (SSSR count). The largest absolute Gasteiger partial charge is 0.480 e. The number of hydrogen-bond donors (Lipinski definition) is 3. The molecule has 1 atom stereocenters. The van der Waals surface area contributed by atoms with Crippen LogP contribution in [0.25, 0.3) is 0 Å². The number of carboxylic acid groups (broad SMARTS) is 1. The van der Waals surface area contributed by atoms with E-state index in [1.807, 2.05) is 4.98 Å². The Bertz CT molecular complexity index is 559. The number of nitrogens with zero attached hydrogens (tertiary/aromatic N) is 1. The monoisotopic (exact) mass is 255 g/mol. The van der Waals surface area contributed by atoms with Crippen LogP contribution >= 0.6 is 0 Å². The number of carbonyl (C=O) groups excluding carboxylic acids is 1. The van der Waals surface area contributed by atoms with Crippen molar-refractivity contribution in [3.8, 4) is 0 Å². The molecule has 0 saturated heterocycles. The summed E-state index contributed by atoms with van der Waals surface area (Å²) in [7, 11) is 0. The molecule has 18 heavy (non-hydrogen) atoms. The van der Waals surface area contributed by atoms with Gasteiger partial charge in [0.2, 0.25) is 5.91 Å². The highest BCUT2D eigenvalue weighted by Crippen LogP contribution is 1.91. The molecule has 0 aliphatic heterocycles. The minimum absolute atomic E-state index is 0.238. The van der Waals surface area contributed by atoms with E-state index >= 15 is 0 Å². The van der Waals surface area contributed by atoms with E-state index in [2.05, 4.69) is 5.32 Å². The Morgan fingerprint density at radius 3 is 2.67 bits per heavy atom. The van der Waals surface area contributed by atoms with Crippen LogP contribution in [0.1, 0.15) is 13.3 Å². The molecule has 8 nitrogen and oxygen atoms in total. The predicted octanol–water partition coefficient (Wildman–Crippen LogP) is -1.48. The van der Waals surface area contributed by atoms with Gasteiger partial charge in [-0.15, -0.1) is 0 Å². The van der Waals surface area contributed by atoms with Crippen molar-refractivity contribution in [2.75, 3.05) is 0 Å². The fourth-order valence-electron chi connectivity index (χ4n) is 1.30. The molecule has 0 aliphatic rings. The zero-order valence-electron chi connectivity index (χ0n) is 9.67. The zero-order valence-corrected chi connectivity index (χ0v) is 9.67. The van der Waals surface area contributed by atoms with E-state index in [0.29, 0.717) is 0 Å². The standard InChI is InChI=1S/C10H13N3O5/c1-2-6(9(16)17)11-8(15)5-13-4-3-7(14)12-10(13)18/h3-4,6H,2,5H2,1H3,(H,11,15)(H,16,17)(H,12,14,18)/t6-/m0/s1. The van der Waals surface area contributed by atoms with E-state index in [0.717, 1.165) is 10.6 Å². The van der Waals surface area contributed by atoms with E-state index in [4.69, 9.17) is 5.11 Å². The minimum atomic E-state index is -1.14. The van der Waals surface area contributed by atoms with Crippen LogP contribution in [0.4, 0.5) is 0 Å². The molecule has 3 N–H and O–H groups in total. The smallest absolute Gasteiger partial charge is 0.328 e. The summed E-state index contributed by atoms with van der Waals surface area (Å²) in [5.41, 5.74) is -1.28. The van der Waals surface area contributed by atoms with Crippen LogP contribution in [0.2, 0.25) is 0 Å². The lowest BCUT2D eigenvalue weighted by Crippen LogP contribution is -2.43. The number of H-pyrrole nitrogens is 1. The Balaban J connectivity index is 2.73. The average molecular weight is 255 g/mol. The van der Waals surface area contributed by atoms with Gasteiger partial charge in [-0.1, -0.05) is 6.92 Å². The van der Waals surface area contributed by atoms with E-state index in [1.165, 1.54) is 6.20 Å². The van der Waals surface area contributed by atoms with E-state index in [-0.39, 0.29) is 13.0 Å². The minimum Gasteiger partial charge on any atom is -0.480 e. The average Bonchev–Trinajstić information content (AvgIpc) is 2.29. The molecular formula is C10H13N3O5. The normalized spacial score (nSPS) is 11.8. The van der Waals surface area contributed by atoms with Gasteiger partial charge in [-0.3, -0.25) is 19.1 Å². The molecule has 98 valence electrons. The molecule has 0 saturated carbocycles. The summed E-state index contributed by atoms with van der Waals surface area (Å²) in [5.74, 6) is -1.75. The Hall–Kier alpha value is -2.38. The molecule has 8 heteroatoms. The zero-order chi connectivity index (χ0) is 13.7. The van der Waals surface area contributed by atoms with Crippen LogP contribution in [-0.4, -0.2) is 32.6 Å². The highest BCUT2D eigenvalue weighted by atomic mass is 16.4. The number of nitrogens with one attached hydrogen (secondary N) is 2. The van der Waals surface area contributed by atoms with Crippen LogP contribution in [-0.2, 0) is 16.1 Å². The van der Waals surface area contributed by atoms with Crippen LogP contribution < -0.4 is 16.6 Å². The molecule has 0 radical (unpaired) electrons. The quantitative estimate of drug-likeness (QED) is 0.592. The molecule has 0 fully saturated rings. The number of carbonyl (C=O) groups is 2. The molecule has 1 aromatic heterocycles. The van der Waals surface area contributed by atoms with Crippen molar-refractivity contribution in [3.05, 3.63) is 33.1 Å². The van der Waals surface area contributed by atoms with Crippen molar-refractivity contribution in [1.29, 1.82) is 0 Å². The predicted molar refractivity (Wildman–Crippen MR) is 61.2 cm³/mol. The summed E-state index contributed by atoms with van der Waals surface area (Å²) >= 11 is 0. The van der Waals surface area contributed by atoms with Gasteiger partial charge in [0.05, 0.1) is 0 Å². The lowest BCUT2D eigenvalue weighted by atomic mass is 10.2. The number of aromatic nitrogens is 2. The van der Waals surface area contributed by atoms with Crippen LogP contribution in [0.3, 0.4) is 0 Å². The summed E-state index contributed by atoms with van der Waals surface area (Å²) in [6.07, 6.45) is 1.41. The first-order valence-electron chi connectivity index (χ1n) is 5.26. The SMILES string of the molecule is CC[C@H](NC(=O)Cn1ccc(=O)[nH]c1=O)C(=O)O. The first kappa shape index (κ1) is 13.7. The molecule has 1 amide bonds. The van der Waals surface area contributed by atoms with Gasteiger partial charge in [0, 0.05) is 12.3 Å². The van der Waals surface area contributed by atoms with Crippen molar-refractivity contribution in [1.82, 2.24) is 14.9 Å². The maximum Gasteiger partial charge on any atom is 0.328 e. The maximum atomic E-state index is 11.5. The van der Waals surface area contributed by atoms with Gasteiger partial charge in [0.15, 0.2) is 0 Å². The summed E-state index contributed by atoms with van der Waals surface area (Å²) in [6, 6.07) is 0.111. The van der Waals surface area contributed by atoms with Gasteiger partial charge in [0.1, 0.15) is 12.6 Å². The van der Waals surface area contributed by atoms with E-state index in [1.54, 1.807) is 6.92 Å².